The van der Waals surface area contributed by atoms with E-state index in [1.54, 1.807) is 24.3 Å². The molecule has 3 rings (SSSR count). The molecule has 27 heavy (non-hydrogen) atoms. The largest absolute Gasteiger partial charge is 0.492 e. The molecule has 0 spiro atoms. The summed E-state index contributed by atoms with van der Waals surface area (Å²) in [7, 11) is 0. The van der Waals surface area contributed by atoms with E-state index in [2.05, 4.69) is 0 Å². The van der Waals surface area contributed by atoms with Crippen molar-refractivity contribution in [3.8, 4) is 5.75 Å². The van der Waals surface area contributed by atoms with Gasteiger partial charge < -0.3 is 9.84 Å². The Hall–Kier alpha value is -2.11. The molecule has 0 bridgehead atoms. The van der Waals surface area contributed by atoms with Crippen LogP contribution in [0, 0.1) is 11.7 Å². The SMILES string of the molecule is CC1Cc2cc(OCCCC(=O)O)c(Cl)c(Cl)c2C1=O.Fc1ccccc1. The molecule has 0 fully saturated rings. The van der Waals surface area contributed by atoms with Gasteiger partial charge in [-0.05, 0) is 36.6 Å². The van der Waals surface area contributed by atoms with Gasteiger partial charge in [-0.25, -0.2) is 4.39 Å². The first-order valence-electron chi connectivity index (χ1n) is 8.41. The fraction of sp³-hybridized carbons (Fsp3) is 0.300. The predicted octanol–water partition coefficient (Wildman–Crippen LogP) is 5.44. The zero-order chi connectivity index (χ0) is 20.0. The number of benzene rings is 2. The van der Waals surface area contributed by atoms with Crippen molar-refractivity contribution in [1.82, 2.24) is 0 Å². The molecular weight excluding hydrogens is 394 g/mol. The van der Waals surface area contributed by atoms with Crippen LogP contribution in [0.3, 0.4) is 0 Å². The molecule has 4 nitrogen and oxygen atoms in total. The average Bonchev–Trinajstić information content (AvgIpc) is 2.91. The molecule has 0 saturated heterocycles. The standard InChI is InChI=1S/C14H14Cl2O4.C6H5F/c1-7-5-8-6-9(20-4-2-3-10(17)18)12(15)13(16)11(8)14(7)19;7-6-4-2-1-3-5-6/h6-7H,2-5H2,1H3,(H,17,18);1-5H. The molecule has 0 aromatic heterocycles. The summed E-state index contributed by atoms with van der Waals surface area (Å²) in [5, 5.41) is 8.99. The zero-order valence-corrected chi connectivity index (χ0v) is 16.2. The number of aliphatic carboxylic acids is 1. The van der Waals surface area contributed by atoms with Crippen LogP contribution in [0.15, 0.2) is 36.4 Å². The van der Waals surface area contributed by atoms with Crippen LogP contribution in [-0.2, 0) is 11.2 Å². The Morgan fingerprint density at radius 2 is 1.93 bits per heavy atom. The van der Waals surface area contributed by atoms with E-state index < -0.39 is 5.97 Å². The predicted molar refractivity (Wildman–Crippen MR) is 102 cm³/mol. The number of rotatable bonds is 5. The third-order valence-corrected chi connectivity index (χ3v) is 4.85. The zero-order valence-electron chi connectivity index (χ0n) is 14.7. The topological polar surface area (TPSA) is 63.6 Å². The van der Waals surface area contributed by atoms with Gasteiger partial charge in [-0.2, -0.15) is 0 Å². The summed E-state index contributed by atoms with van der Waals surface area (Å²) in [4.78, 5) is 22.4. The van der Waals surface area contributed by atoms with Gasteiger partial charge in [-0.3, -0.25) is 9.59 Å². The monoisotopic (exact) mass is 412 g/mol. The van der Waals surface area contributed by atoms with Crippen LogP contribution < -0.4 is 4.74 Å². The van der Waals surface area contributed by atoms with Crippen molar-refractivity contribution in [3.05, 3.63) is 63.4 Å². The minimum Gasteiger partial charge on any atom is -0.492 e. The van der Waals surface area contributed by atoms with Gasteiger partial charge in [0.05, 0.1) is 11.6 Å². The molecule has 0 amide bonds. The summed E-state index contributed by atoms with van der Waals surface area (Å²) >= 11 is 12.2. The Labute approximate surface area is 166 Å². The fourth-order valence-corrected chi connectivity index (χ4v) is 3.19. The van der Waals surface area contributed by atoms with E-state index in [0.29, 0.717) is 24.2 Å². The molecule has 7 heteroatoms. The highest BCUT2D eigenvalue weighted by atomic mass is 35.5. The van der Waals surface area contributed by atoms with Crippen LogP contribution in [0.2, 0.25) is 10.0 Å². The molecule has 0 aliphatic heterocycles. The second-order valence-corrected chi connectivity index (χ2v) is 6.90. The summed E-state index contributed by atoms with van der Waals surface area (Å²) in [6, 6.07) is 9.67. The van der Waals surface area contributed by atoms with Crippen LogP contribution in [0.1, 0.15) is 35.7 Å². The Morgan fingerprint density at radius 1 is 1.26 bits per heavy atom. The average molecular weight is 413 g/mol. The van der Waals surface area contributed by atoms with Gasteiger partial charge in [0.1, 0.15) is 16.6 Å². The second-order valence-electron chi connectivity index (χ2n) is 6.15. The Morgan fingerprint density at radius 3 is 2.48 bits per heavy atom. The normalized spacial score (nSPS) is 15.0. The van der Waals surface area contributed by atoms with Crippen LogP contribution in [0.5, 0.6) is 5.75 Å². The van der Waals surface area contributed by atoms with Crippen molar-refractivity contribution in [2.24, 2.45) is 5.92 Å². The Bertz CT molecular complexity index is 824. The number of carboxylic acid groups (broad SMARTS) is 1. The van der Waals surface area contributed by atoms with Gasteiger partial charge in [-0.15, -0.1) is 0 Å². The van der Waals surface area contributed by atoms with Crippen LogP contribution >= 0.6 is 23.2 Å². The van der Waals surface area contributed by atoms with E-state index in [4.69, 9.17) is 33.0 Å². The van der Waals surface area contributed by atoms with Gasteiger partial charge in [0.2, 0.25) is 0 Å². The molecule has 1 unspecified atom stereocenters. The van der Waals surface area contributed by atoms with E-state index in [1.807, 2.05) is 6.92 Å². The van der Waals surface area contributed by atoms with Gasteiger partial charge in [0.25, 0.3) is 0 Å². The number of Topliss-reactive ketones (excluding diaryl/α,β-unsaturated/α-hetero) is 1. The maximum absolute atomic E-state index is 12.0. The van der Waals surface area contributed by atoms with Gasteiger partial charge in [0, 0.05) is 17.9 Å². The Kier molecular flexibility index (Phi) is 7.63. The Balaban J connectivity index is 0.000000313. The molecule has 2 aromatic carbocycles. The highest BCUT2D eigenvalue weighted by Gasteiger charge is 2.31. The molecule has 1 N–H and O–H groups in total. The number of hydrogen-bond donors (Lipinski definition) is 1. The fourth-order valence-electron chi connectivity index (χ4n) is 2.67. The lowest BCUT2D eigenvalue weighted by atomic mass is 10.1. The maximum atomic E-state index is 12.0. The lowest BCUT2D eigenvalue weighted by Crippen LogP contribution is -2.05. The molecule has 0 saturated carbocycles. The molecule has 144 valence electrons. The third-order valence-electron chi connectivity index (χ3n) is 4.00. The van der Waals surface area contributed by atoms with Crippen molar-refractivity contribution in [2.75, 3.05) is 6.61 Å². The van der Waals surface area contributed by atoms with Crippen LogP contribution in [0.25, 0.3) is 0 Å². The highest BCUT2D eigenvalue weighted by molar-refractivity contribution is 6.45. The number of carbonyl (C=O) groups excluding carboxylic acids is 1. The number of ether oxygens (including phenoxy) is 1. The van der Waals surface area contributed by atoms with Crippen molar-refractivity contribution in [2.45, 2.75) is 26.2 Å². The van der Waals surface area contributed by atoms with Crippen molar-refractivity contribution < 1.29 is 23.8 Å². The van der Waals surface area contributed by atoms with Gasteiger partial charge in [-0.1, -0.05) is 48.3 Å². The minimum absolute atomic E-state index is 0.00401. The number of carboxylic acids is 1. The first-order chi connectivity index (χ1) is 12.8. The lowest BCUT2D eigenvalue weighted by Gasteiger charge is -2.11. The molecule has 1 aliphatic rings. The van der Waals surface area contributed by atoms with E-state index in [1.165, 1.54) is 12.1 Å². The van der Waals surface area contributed by atoms with Crippen molar-refractivity contribution >= 4 is 35.0 Å². The smallest absolute Gasteiger partial charge is 0.303 e. The quantitative estimate of drug-likeness (QED) is 0.664. The van der Waals surface area contributed by atoms with Crippen molar-refractivity contribution in [1.29, 1.82) is 0 Å². The van der Waals surface area contributed by atoms with E-state index in [-0.39, 0.29) is 40.6 Å². The summed E-state index contributed by atoms with van der Waals surface area (Å²) < 4.78 is 17.4. The number of hydrogen-bond acceptors (Lipinski definition) is 3. The van der Waals surface area contributed by atoms with E-state index in [0.717, 1.165) is 5.56 Å². The first kappa shape index (κ1) is 21.2. The molecule has 1 aliphatic carbocycles. The summed E-state index contributed by atoms with van der Waals surface area (Å²) in [5.41, 5.74) is 1.33. The third kappa shape index (κ3) is 5.68. The van der Waals surface area contributed by atoms with Crippen LogP contribution in [0.4, 0.5) is 4.39 Å². The first-order valence-corrected chi connectivity index (χ1v) is 9.17. The molecular formula is C20H19Cl2FO4. The van der Waals surface area contributed by atoms with E-state index in [9.17, 15) is 14.0 Å². The van der Waals surface area contributed by atoms with Gasteiger partial charge >= 0.3 is 5.97 Å². The molecule has 0 radical (unpaired) electrons. The number of ketones is 1. The summed E-state index contributed by atoms with van der Waals surface area (Å²) in [6.45, 7) is 2.09. The van der Waals surface area contributed by atoms with Crippen LogP contribution in [-0.4, -0.2) is 23.5 Å². The van der Waals surface area contributed by atoms with Crippen molar-refractivity contribution in [3.63, 3.8) is 0 Å². The lowest BCUT2D eigenvalue weighted by molar-refractivity contribution is -0.137. The second kappa shape index (κ2) is 9.72. The molecule has 2 aromatic rings. The minimum atomic E-state index is -0.869. The summed E-state index contributed by atoms with van der Waals surface area (Å²) in [5.74, 6) is -0.735. The number of fused-ring (bicyclic) bond motifs is 1. The maximum Gasteiger partial charge on any atom is 0.303 e. The number of carbonyl (C=O) groups is 2. The van der Waals surface area contributed by atoms with E-state index >= 15 is 0 Å². The molecule has 0 heterocycles. The highest BCUT2D eigenvalue weighted by Crippen LogP contribution is 2.42. The summed E-state index contributed by atoms with van der Waals surface area (Å²) in [6.07, 6.45) is 1.04. The molecule has 1 atom stereocenters. The van der Waals surface area contributed by atoms with Gasteiger partial charge in [0.15, 0.2) is 5.78 Å². The number of halogens is 3.